The highest BCUT2D eigenvalue weighted by Gasteiger charge is 2.08. The van der Waals surface area contributed by atoms with E-state index < -0.39 is 0 Å². The summed E-state index contributed by atoms with van der Waals surface area (Å²) < 4.78 is 5.24. The highest BCUT2D eigenvalue weighted by atomic mass is 16.5. The fourth-order valence-corrected chi connectivity index (χ4v) is 1.36. The topological polar surface area (TPSA) is 41.6 Å². The molecule has 1 aliphatic heterocycles. The zero-order chi connectivity index (χ0) is 10.2. The maximum atomic E-state index is 10.8. The van der Waals surface area contributed by atoms with Crippen molar-refractivity contribution in [3.05, 3.63) is 12.2 Å². The Bertz CT molecular complexity index is 198. The van der Waals surface area contributed by atoms with Gasteiger partial charge in [0, 0.05) is 26.7 Å². The number of ether oxygens (including phenoxy) is 1. The van der Waals surface area contributed by atoms with Crippen molar-refractivity contribution in [2.24, 2.45) is 0 Å². The molecule has 0 aliphatic carbocycles. The Morgan fingerprint density at radius 3 is 2.86 bits per heavy atom. The molecule has 0 bridgehead atoms. The maximum Gasteiger partial charge on any atom is 0.243 e. The minimum atomic E-state index is -0.0352. The summed E-state index contributed by atoms with van der Waals surface area (Å²) in [6, 6.07) is 0. The van der Waals surface area contributed by atoms with Gasteiger partial charge in [0.25, 0.3) is 0 Å². The van der Waals surface area contributed by atoms with Gasteiger partial charge in [-0.2, -0.15) is 0 Å². The van der Waals surface area contributed by atoms with Gasteiger partial charge < -0.3 is 10.1 Å². The van der Waals surface area contributed by atoms with Crippen LogP contribution in [0, 0.1) is 0 Å². The Labute approximate surface area is 84.9 Å². The Kier molecular flexibility index (Phi) is 5.25. The van der Waals surface area contributed by atoms with Crippen molar-refractivity contribution in [1.29, 1.82) is 0 Å². The minimum Gasteiger partial charge on any atom is -0.379 e. The molecule has 4 nitrogen and oxygen atoms in total. The van der Waals surface area contributed by atoms with E-state index in [0.29, 0.717) is 0 Å². The maximum absolute atomic E-state index is 10.8. The van der Waals surface area contributed by atoms with Crippen molar-refractivity contribution < 1.29 is 9.53 Å². The fourth-order valence-electron chi connectivity index (χ4n) is 1.36. The molecule has 0 spiro atoms. The summed E-state index contributed by atoms with van der Waals surface area (Å²) in [4.78, 5) is 13.2. The van der Waals surface area contributed by atoms with Gasteiger partial charge in [0.1, 0.15) is 0 Å². The summed E-state index contributed by atoms with van der Waals surface area (Å²) >= 11 is 0. The van der Waals surface area contributed by atoms with Crippen molar-refractivity contribution in [1.82, 2.24) is 10.2 Å². The lowest BCUT2D eigenvalue weighted by Gasteiger charge is -2.25. The lowest BCUT2D eigenvalue weighted by atomic mass is 10.3. The number of carbonyl (C=O) groups is 1. The third-order valence-corrected chi connectivity index (χ3v) is 2.23. The van der Waals surface area contributed by atoms with Gasteiger partial charge in [-0.25, -0.2) is 0 Å². The van der Waals surface area contributed by atoms with Gasteiger partial charge in [-0.1, -0.05) is 6.08 Å². The van der Waals surface area contributed by atoms with Crippen LogP contribution in [0.5, 0.6) is 0 Å². The highest BCUT2D eigenvalue weighted by Crippen LogP contribution is 1.98. The van der Waals surface area contributed by atoms with Crippen molar-refractivity contribution >= 4 is 5.91 Å². The molecule has 0 aromatic heterocycles. The number of nitrogens with zero attached hydrogens (tertiary/aromatic N) is 1. The van der Waals surface area contributed by atoms with Gasteiger partial charge >= 0.3 is 0 Å². The number of amides is 1. The smallest absolute Gasteiger partial charge is 0.243 e. The number of rotatable bonds is 4. The molecule has 14 heavy (non-hydrogen) atoms. The molecule has 0 atom stereocenters. The van der Waals surface area contributed by atoms with Crippen LogP contribution in [0.4, 0.5) is 0 Å². The van der Waals surface area contributed by atoms with Gasteiger partial charge in [0.15, 0.2) is 0 Å². The van der Waals surface area contributed by atoms with Gasteiger partial charge in [-0.05, 0) is 12.5 Å². The van der Waals surface area contributed by atoms with Crippen molar-refractivity contribution in [2.45, 2.75) is 6.42 Å². The van der Waals surface area contributed by atoms with Crippen LogP contribution < -0.4 is 5.32 Å². The highest BCUT2D eigenvalue weighted by molar-refractivity contribution is 5.87. The molecule has 1 amide bonds. The first kappa shape index (κ1) is 11.2. The van der Waals surface area contributed by atoms with E-state index in [1.807, 2.05) is 6.08 Å². The summed E-state index contributed by atoms with van der Waals surface area (Å²) in [6.45, 7) is 4.69. The standard InChI is InChI=1S/C10H18N2O2/c1-11-10(13)4-2-3-5-12-6-8-14-9-7-12/h2,4H,3,5-9H2,1H3,(H,11,13). The number of carbonyl (C=O) groups excluding carboxylic acids is 1. The molecule has 1 N–H and O–H groups in total. The predicted molar refractivity (Wildman–Crippen MR) is 55.1 cm³/mol. The van der Waals surface area contributed by atoms with E-state index in [0.717, 1.165) is 39.3 Å². The minimum absolute atomic E-state index is 0.0352. The van der Waals surface area contributed by atoms with Crippen molar-refractivity contribution in [3.63, 3.8) is 0 Å². The van der Waals surface area contributed by atoms with Crippen LogP contribution in [0.1, 0.15) is 6.42 Å². The molecule has 0 unspecified atom stereocenters. The molecule has 0 aromatic rings. The summed E-state index contributed by atoms with van der Waals surface area (Å²) in [5, 5.41) is 2.54. The SMILES string of the molecule is CNC(=O)C=CCCN1CCOCC1. The zero-order valence-corrected chi connectivity index (χ0v) is 8.66. The molecule has 0 aromatic carbocycles. The summed E-state index contributed by atoms with van der Waals surface area (Å²) in [5.41, 5.74) is 0. The average molecular weight is 198 g/mol. The van der Waals surface area contributed by atoms with Crippen molar-refractivity contribution in [2.75, 3.05) is 39.9 Å². The van der Waals surface area contributed by atoms with Crippen LogP contribution in [0.25, 0.3) is 0 Å². The zero-order valence-electron chi connectivity index (χ0n) is 8.66. The monoisotopic (exact) mass is 198 g/mol. The Hall–Kier alpha value is -0.870. The molecule has 0 saturated carbocycles. The van der Waals surface area contributed by atoms with E-state index in [4.69, 9.17) is 4.74 Å². The van der Waals surface area contributed by atoms with Crippen LogP contribution in [-0.2, 0) is 9.53 Å². The lowest BCUT2D eigenvalue weighted by molar-refractivity contribution is -0.116. The fraction of sp³-hybridized carbons (Fsp3) is 0.700. The molecule has 4 heteroatoms. The summed E-state index contributed by atoms with van der Waals surface area (Å²) in [6.07, 6.45) is 4.42. The Morgan fingerprint density at radius 1 is 1.50 bits per heavy atom. The predicted octanol–water partition coefficient (Wildman–Crippen LogP) is 0.0109. The largest absolute Gasteiger partial charge is 0.379 e. The first-order valence-electron chi connectivity index (χ1n) is 5.01. The molecule has 1 saturated heterocycles. The molecular formula is C10H18N2O2. The number of morpholine rings is 1. The van der Waals surface area contributed by atoms with Gasteiger partial charge in [0.05, 0.1) is 13.2 Å². The van der Waals surface area contributed by atoms with E-state index in [1.54, 1.807) is 13.1 Å². The lowest BCUT2D eigenvalue weighted by Crippen LogP contribution is -2.36. The van der Waals surface area contributed by atoms with Gasteiger partial charge in [0.2, 0.25) is 5.91 Å². The molecule has 0 radical (unpaired) electrons. The van der Waals surface area contributed by atoms with Gasteiger partial charge in [-0.15, -0.1) is 0 Å². The molecule has 1 heterocycles. The van der Waals surface area contributed by atoms with Crippen LogP contribution in [-0.4, -0.2) is 50.7 Å². The van der Waals surface area contributed by atoms with E-state index >= 15 is 0 Å². The number of likely N-dealkylation sites (N-methyl/N-ethyl adjacent to an activating group) is 1. The van der Waals surface area contributed by atoms with Crippen LogP contribution in [0.2, 0.25) is 0 Å². The molecule has 1 rings (SSSR count). The Balaban J connectivity index is 2.07. The van der Waals surface area contributed by atoms with E-state index in [1.165, 1.54) is 0 Å². The van der Waals surface area contributed by atoms with E-state index in [9.17, 15) is 4.79 Å². The summed E-state index contributed by atoms with van der Waals surface area (Å²) in [7, 11) is 1.63. The van der Waals surface area contributed by atoms with E-state index in [2.05, 4.69) is 10.2 Å². The second-order valence-electron chi connectivity index (χ2n) is 3.26. The van der Waals surface area contributed by atoms with Crippen LogP contribution in [0.3, 0.4) is 0 Å². The first-order chi connectivity index (χ1) is 6.83. The first-order valence-corrected chi connectivity index (χ1v) is 5.01. The van der Waals surface area contributed by atoms with Crippen LogP contribution >= 0.6 is 0 Å². The van der Waals surface area contributed by atoms with E-state index in [-0.39, 0.29) is 5.91 Å². The quantitative estimate of drug-likeness (QED) is 0.647. The number of nitrogens with one attached hydrogen (secondary N) is 1. The number of hydrogen-bond acceptors (Lipinski definition) is 3. The molecule has 80 valence electrons. The molecule has 1 aliphatic rings. The second-order valence-corrected chi connectivity index (χ2v) is 3.26. The van der Waals surface area contributed by atoms with Gasteiger partial charge in [-0.3, -0.25) is 9.69 Å². The second kappa shape index (κ2) is 6.56. The van der Waals surface area contributed by atoms with Crippen LogP contribution in [0.15, 0.2) is 12.2 Å². The Morgan fingerprint density at radius 2 is 2.21 bits per heavy atom. The third-order valence-electron chi connectivity index (χ3n) is 2.23. The molecular weight excluding hydrogens is 180 g/mol. The van der Waals surface area contributed by atoms with Crippen molar-refractivity contribution in [3.8, 4) is 0 Å². The normalized spacial score (nSPS) is 18.6. The third kappa shape index (κ3) is 4.39. The average Bonchev–Trinajstić information content (AvgIpc) is 2.25. The summed E-state index contributed by atoms with van der Waals surface area (Å²) in [5.74, 6) is -0.0352. The number of hydrogen-bond donors (Lipinski definition) is 1. The molecule has 1 fully saturated rings.